The molecular formula is C52H48N6O3. The Balaban J connectivity index is 0.000000157. The highest BCUT2D eigenvalue weighted by Crippen LogP contribution is 2.46. The summed E-state index contributed by atoms with van der Waals surface area (Å²) >= 11 is 0. The standard InChI is InChI=1S/C27H25N3O2.C25H23N3O/c1-27(2)16-21-24(22(31)17-27)26(25(30-21)18-12-14-28-15-13-18)29-20-10-6-7-11-23(20)32-19-8-4-3-5-9-19;1-25(2)14-20-22(21(29)15-25)24(23(28-20)17-9-11-26-12-10-17)27-19-8-7-16-5-3-4-6-18(16)13-19/h3-15,29-30H,16-17H2,1-2H3;3-13,27-28H,14-15H2,1-2H3. The van der Waals surface area contributed by atoms with Crippen LogP contribution in [0.3, 0.4) is 0 Å². The smallest absolute Gasteiger partial charge is 0.167 e. The lowest BCUT2D eigenvalue weighted by Gasteiger charge is -2.28. The van der Waals surface area contributed by atoms with Crippen LogP contribution < -0.4 is 15.4 Å². The quantitative estimate of drug-likeness (QED) is 0.120. The molecule has 4 N–H and O–H groups in total. The molecule has 4 heterocycles. The molecule has 10 rings (SSSR count). The summed E-state index contributed by atoms with van der Waals surface area (Å²) in [6, 6.07) is 39.9. The number of ether oxygens (including phenoxy) is 1. The van der Waals surface area contributed by atoms with Crippen molar-refractivity contribution in [3.63, 3.8) is 0 Å². The van der Waals surface area contributed by atoms with Gasteiger partial charge in [-0.15, -0.1) is 0 Å². The lowest BCUT2D eigenvalue weighted by atomic mass is 9.76. The molecule has 0 amide bonds. The molecule has 0 unspecified atom stereocenters. The largest absolute Gasteiger partial charge is 0.455 e. The van der Waals surface area contributed by atoms with Crippen LogP contribution in [0.4, 0.5) is 22.7 Å². The molecule has 2 aliphatic carbocycles. The van der Waals surface area contributed by atoms with E-state index in [1.54, 1.807) is 24.8 Å². The van der Waals surface area contributed by atoms with Crippen LogP contribution in [-0.4, -0.2) is 31.5 Å². The number of nitrogens with zero attached hydrogens (tertiary/aromatic N) is 2. The molecule has 4 aromatic heterocycles. The number of hydrogen-bond acceptors (Lipinski definition) is 7. The van der Waals surface area contributed by atoms with Gasteiger partial charge in [0.2, 0.25) is 0 Å². The van der Waals surface area contributed by atoms with Gasteiger partial charge in [-0.1, -0.05) is 88.4 Å². The van der Waals surface area contributed by atoms with Crippen molar-refractivity contribution in [3.05, 3.63) is 169 Å². The van der Waals surface area contributed by atoms with E-state index in [0.29, 0.717) is 18.6 Å². The number of rotatable bonds is 8. The maximum atomic E-state index is 13.2. The Morgan fingerprint density at radius 3 is 1.64 bits per heavy atom. The van der Waals surface area contributed by atoms with Crippen molar-refractivity contribution in [2.45, 2.75) is 53.4 Å². The van der Waals surface area contributed by atoms with E-state index in [1.165, 1.54) is 10.8 Å². The number of H-pyrrole nitrogens is 2. The molecule has 8 aromatic rings. The second-order valence-electron chi connectivity index (χ2n) is 17.5. The van der Waals surface area contributed by atoms with Crippen molar-refractivity contribution >= 4 is 45.1 Å². The van der Waals surface area contributed by atoms with Crippen LogP contribution >= 0.6 is 0 Å². The molecule has 0 bridgehead atoms. The summed E-state index contributed by atoms with van der Waals surface area (Å²) in [7, 11) is 0. The van der Waals surface area contributed by atoms with Crippen molar-refractivity contribution in [2.24, 2.45) is 10.8 Å². The van der Waals surface area contributed by atoms with Crippen molar-refractivity contribution in [3.8, 4) is 34.0 Å². The van der Waals surface area contributed by atoms with E-state index in [4.69, 9.17) is 4.74 Å². The van der Waals surface area contributed by atoms with Gasteiger partial charge in [0.1, 0.15) is 5.75 Å². The number of aromatic nitrogens is 4. The summed E-state index contributed by atoms with van der Waals surface area (Å²) in [5, 5.41) is 9.45. The number of ketones is 2. The number of fused-ring (bicyclic) bond motifs is 3. The second kappa shape index (κ2) is 16.1. The van der Waals surface area contributed by atoms with Gasteiger partial charge in [-0.2, -0.15) is 0 Å². The zero-order chi connectivity index (χ0) is 42.1. The van der Waals surface area contributed by atoms with E-state index in [-0.39, 0.29) is 22.4 Å². The molecule has 0 atom stereocenters. The maximum Gasteiger partial charge on any atom is 0.167 e. The highest BCUT2D eigenvalue weighted by molar-refractivity contribution is 6.09. The van der Waals surface area contributed by atoms with Gasteiger partial charge in [0.05, 0.1) is 39.6 Å². The normalized spacial score (nSPS) is 15.0. The Labute approximate surface area is 355 Å². The summed E-state index contributed by atoms with van der Waals surface area (Å²) in [4.78, 5) is 41.7. The molecule has 0 saturated carbocycles. The molecule has 0 spiro atoms. The third-order valence-electron chi connectivity index (χ3n) is 11.4. The van der Waals surface area contributed by atoms with Gasteiger partial charge in [0.25, 0.3) is 0 Å². The molecule has 304 valence electrons. The van der Waals surface area contributed by atoms with Crippen LogP contribution in [0.5, 0.6) is 11.5 Å². The number of nitrogens with one attached hydrogen (secondary N) is 4. The molecule has 0 radical (unpaired) electrons. The Bertz CT molecular complexity index is 2880. The van der Waals surface area contributed by atoms with Gasteiger partial charge in [-0.25, -0.2) is 0 Å². The van der Waals surface area contributed by atoms with Crippen LogP contribution in [0.15, 0.2) is 146 Å². The zero-order valence-electron chi connectivity index (χ0n) is 34.8. The van der Waals surface area contributed by atoms with E-state index >= 15 is 0 Å². The zero-order valence-corrected chi connectivity index (χ0v) is 34.8. The number of anilines is 4. The first-order valence-corrected chi connectivity index (χ1v) is 20.7. The molecule has 9 nitrogen and oxygen atoms in total. The molecule has 2 aliphatic rings. The fraction of sp³-hybridized carbons (Fsp3) is 0.192. The molecule has 0 fully saturated rings. The highest BCUT2D eigenvalue weighted by atomic mass is 16.5. The van der Waals surface area contributed by atoms with Crippen LogP contribution in [0.2, 0.25) is 0 Å². The third kappa shape index (κ3) is 8.32. The molecule has 0 saturated heterocycles. The Hall–Kier alpha value is -7.26. The predicted octanol–water partition coefficient (Wildman–Crippen LogP) is 12.9. The van der Waals surface area contributed by atoms with Gasteiger partial charge in [0, 0.05) is 65.8 Å². The lowest BCUT2D eigenvalue weighted by molar-refractivity contribution is 0.0903. The predicted molar refractivity (Wildman–Crippen MR) is 244 cm³/mol. The number of aromatic amines is 2. The van der Waals surface area contributed by atoms with Gasteiger partial charge in [-0.05, 0) is 95.1 Å². The SMILES string of the molecule is CC1(C)CC(=O)c2c([nH]c(-c3ccncc3)c2Nc2ccc3ccccc3c2)C1.CC1(C)CC(=O)c2c([nH]c(-c3ccncc3)c2Nc2ccccc2Oc2ccccc2)C1. The first kappa shape index (κ1) is 39.2. The maximum absolute atomic E-state index is 13.2. The molecular weight excluding hydrogens is 757 g/mol. The van der Waals surface area contributed by atoms with E-state index in [0.717, 1.165) is 86.4 Å². The van der Waals surface area contributed by atoms with Gasteiger partial charge in [-0.3, -0.25) is 19.6 Å². The first-order chi connectivity index (χ1) is 29.5. The molecule has 61 heavy (non-hydrogen) atoms. The monoisotopic (exact) mass is 804 g/mol. The molecule has 9 heteroatoms. The average Bonchev–Trinajstić information content (AvgIpc) is 3.79. The third-order valence-corrected chi connectivity index (χ3v) is 11.4. The van der Waals surface area contributed by atoms with Gasteiger partial charge in [0.15, 0.2) is 17.3 Å². The van der Waals surface area contributed by atoms with Crippen LogP contribution in [0.25, 0.3) is 33.3 Å². The van der Waals surface area contributed by atoms with Gasteiger partial charge < -0.3 is 25.3 Å². The summed E-state index contributed by atoms with van der Waals surface area (Å²) < 4.78 is 6.14. The minimum Gasteiger partial charge on any atom is -0.455 e. The van der Waals surface area contributed by atoms with Crippen LogP contribution in [-0.2, 0) is 12.8 Å². The Morgan fingerprint density at radius 1 is 0.541 bits per heavy atom. The number of carbonyl (C=O) groups is 2. The number of benzene rings is 4. The topological polar surface area (TPSA) is 125 Å². The summed E-state index contributed by atoms with van der Waals surface area (Å²) in [6.07, 6.45) is 9.82. The average molecular weight is 805 g/mol. The number of hydrogen-bond donors (Lipinski definition) is 4. The van der Waals surface area contributed by atoms with Gasteiger partial charge >= 0.3 is 0 Å². The van der Waals surface area contributed by atoms with Crippen LogP contribution in [0.1, 0.15) is 72.6 Å². The van der Waals surface area contributed by atoms with Crippen molar-refractivity contribution in [1.82, 2.24) is 19.9 Å². The second-order valence-corrected chi connectivity index (χ2v) is 17.5. The van der Waals surface area contributed by atoms with E-state index in [9.17, 15) is 9.59 Å². The fourth-order valence-corrected chi connectivity index (χ4v) is 8.65. The number of para-hydroxylation sites is 3. The molecule has 4 aromatic carbocycles. The minimum absolute atomic E-state index is 0.0370. The Kier molecular flexibility index (Phi) is 10.3. The first-order valence-electron chi connectivity index (χ1n) is 20.7. The van der Waals surface area contributed by atoms with Crippen molar-refractivity contribution < 1.29 is 14.3 Å². The Morgan fingerprint density at radius 2 is 1.05 bits per heavy atom. The number of carbonyl (C=O) groups excluding carboxylic acids is 2. The summed E-state index contributed by atoms with van der Waals surface area (Å²) in [5.41, 5.74) is 10.7. The van der Waals surface area contributed by atoms with E-state index in [2.05, 4.69) is 88.6 Å². The van der Waals surface area contributed by atoms with Crippen LogP contribution in [0, 0.1) is 10.8 Å². The van der Waals surface area contributed by atoms with E-state index in [1.807, 2.05) is 91.0 Å². The van der Waals surface area contributed by atoms with Crippen molar-refractivity contribution in [1.29, 1.82) is 0 Å². The van der Waals surface area contributed by atoms with Crippen molar-refractivity contribution in [2.75, 3.05) is 10.6 Å². The molecule has 0 aliphatic heterocycles. The number of pyridine rings is 2. The number of Topliss-reactive ketones (excluding diaryl/α,β-unsaturated/α-hetero) is 2. The lowest BCUT2D eigenvalue weighted by Crippen LogP contribution is -2.26. The summed E-state index contributed by atoms with van der Waals surface area (Å²) in [6.45, 7) is 8.57. The summed E-state index contributed by atoms with van der Waals surface area (Å²) in [5.74, 6) is 1.79. The highest BCUT2D eigenvalue weighted by Gasteiger charge is 2.37. The van der Waals surface area contributed by atoms with E-state index < -0.39 is 0 Å². The fourth-order valence-electron chi connectivity index (χ4n) is 8.65. The minimum atomic E-state index is -0.0734.